The van der Waals surface area contributed by atoms with Crippen LogP contribution < -0.4 is 20.7 Å². The molecule has 0 radical (unpaired) electrons. The van der Waals surface area contributed by atoms with Crippen LogP contribution in [0.3, 0.4) is 0 Å². The van der Waals surface area contributed by atoms with Crippen LogP contribution in [-0.4, -0.2) is 35.2 Å². The zero-order chi connectivity index (χ0) is 30.1. The van der Waals surface area contributed by atoms with E-state index in [2.05, 4.69) is 16.0 Å². The van der Waals surface area contributed by atoms with Gasteiger partial charge in [0.25, 0.3) is 11.8 Å². The zero-order valence-electron chi connectivity index (χ0n) is 22.8. The molecule has 3 amide bonds. The Morgan fingerprint density at radius 3 is 2.38 bits per heavy atom. The maximum atomic E-state index is 13.5. The first-order valence-corrected chi connectivity index (χ1v) is 14.1. The summed E-state index contributed by atoms with van der Waals surface area (Å²) in [4.78, 5) is 39.9. The van der Waals surface area contributed by atoms with Crippen LogP contribution in [0, 0.1) is 0 Å². The van der Waals surface area contributed by atoms with Gasteiger partial charge in [0.05, 0.1) is 23.1 Å². The van der Waals surface area contributed by atoms with Crippen molar-refractivity contribution >= 4 is 58.5 Å². The molecule has 0 fully saturated rings. The molecule has 8 nitrogen and oxygen atoms in total. The number of halogens is 1. The highest BCUT2D eigenvalue weighted by molar-refractivity contribution is 8.00. The number of rotatable bonds is 10. The number of anilines is 2. The summed E-state index contributed by atoms with van der Waals surface area (Å²) in [5, 5.41) is 18.1. The van der Waals surface area contributed by atoms with Gasteiger partial charge in [0.1, 0.15) is 17.2 Å². The summed E-state index contributed by atoms with van der Waals surface area (Å²) in [5.41, 5.74) is 1.78. The van der Waals surface area contributed by atoms with Crippen molar-refractivity contribution in [3.05, 3.63) is 119 Å². The number of benzene rings is 4. The van der Waals surface area contributed by atoms with Gasteiger partial charge in [-0.15, -0.1) is 11.8 Å². The Balaban J connectivity index is 1.52. The lowest BCUT2D eigenvalue weighted by molar-refractivity contribution is -0.115. The number of methoxy groups -OCH3 is 1. The molecule has 1 atom stereocenters. The number of hydrogen-bond donors (Lipinski definition) is 4. The first-order chi connectivity index (χ1) is 20.2. The Labute approximate surface area is 252 Å². The molecule has 0 bridgehead atoms. The molecule has 0 saturated carbocycles. The number of ether oxygens (including phenoxy) is 1. The van der Waals surface area contributed by atoms with Gasteiger partial charge in [-0.05, 0) is 67.6 Å². The third-order valence-electron chi connectivity index (χ3n) is 5.95. The fraction of sp³-hybridized carbons (Fsp3) is 0.0938. The number of hydrogen-bond acceptors (Lipinski definition) is 6. The first-order valence-electron chi connectivity index (χ1n) is 12.8. The maximum Gasteiger partial charge on any atom is 0.272 e. The first kappa shape index (κ1) is 30.2. The van der Waals surface area contributed by atoms with Crippen molar-refractivity contribution in [1.82, 2.24) is 5.32 Å². The van der Waals surface area contributed by atoms with Crippen LogP contribution in [0.15, 0.2) is 108 Å². The monoisotopic (exact) mass is 601 g/mol. The lowest BCUT2D eigenvalue weighted by Gasteiger charge is -2.15. The average molecular weight is 602 g/mol. The van der Waals surface area contributed by atoms with Gasteiger partial charge < -0.3 is 25.8 Å². The van der Waals surface area contributed by atoms with Crippen LogP contribution in [-0.2, 0) is 9.59 Å². The summed E-state index contributed by atoms with van der Waals surface area (Å²) in [6, 6.07) is 26.9. The van der Waals surface area contributed by atoms with Crippen molar-refractivity contribution in [2.75, 3.05) is 17.7 Å². The van der Waals surface area contributed by atoms with E-state index in [1.165, 1.54) is 37.1 Å². The van der Waals surface area contributed by atoms with Crippen molar-refractivity contribution in [3.63, 3.8) is 0 Å². The number of carbonyl (C=O) groups excluding carboxylic acids is 3. The van der Waals surface area contributed by atoms with Crippen molar-refractivity contribution in [3.8, 4) is 11.5 Å². The second-order valence-corrected chi connectivity index (χ2v) is 10.8. The fourth-order valence-electron chi connectivity index (χ4n) is 3.82. The van der Waals surface area contributed by atoms with Crippen molar-refractivity contribution in [2.45, 2.75) is 17.1 Å². The average Bonchev–Trinajstić information content (AvgIpc) is 2.99. The van der Waals surface area contributed by atoms with Crippen LogP contribution >= 0.6 is 23.4 Å². The minimum absolute atomic E-state index is 0.00702. The van der Waals surface area contributed by atoms with Crippen LogP contribution in [0.4, 0.5) is 11.4 Å². The van der Waals surface area contributed by atoms with Gasteiger partial charge in [0, 0.05) is 27.8 Å². The molecule has 0 aliphatic heterocycles. The van der Waals surface area contributed by atoms with Crippen LogP contribution in [0.25, 0.3) is 6.08 Å². The number of carbonyl (C=O) groups is 3. The Morgan fingerprint density at radius 2 is 1.64 bits per heavy atom. The highest BCUT2D eigenvalue weighted by Gasteiger charge is 2.18. The van der Waals surface area contributed by atoms with Crippen molar-refractivity contribution in [2.24, 2.45) is 0 Å². The number of phenols is 1. The molecule has 0 aliphatic carbocycles. The molecular formula is C32H28ClN3O5S. The van der Waals surface area contributed by atoms with E-state index >= 15 is 0 Å². The van der Waals surface area contributed by atoms with Gasteiger partial charge in [-0.1, -0.05) is 48.0 Å². The minimum Gasteiger partial charge on any atom is -0.508 e. The number of amides is 3. The second-order valence-electron chi connectivity index (χ2n) is 9.02. The SMILES string of the molecule is COc1cc(O)ccc1/C=C(/NC(=O)c1ccccc1)C(=O)Nc1cccc(SC(C)C(=O)Nc2ccccc2Cl)c1. The zero-order valence-corrected chi connectivity index (χ0v) is 24.3. The number of nitrogens with one attached hydrogen (secondary N) is 3. The molecule has 10 heteroatoms. The lowest BCUT2D eigenvalue weighted by atomic mass is 10.1. The standard InChI is InChI=1S/C32H28ClN3O5S/c1-20(30(38)35-27-14-7-6-13-26(27)33)42-25-12-8-11-23(18-25)34-32(40)28(36-31(39)21-9-4-3-5-10-21)17-22-15-16-24(37)19-29(22)41-2/h3-20,37H,1-2H3,(H,34,40)(H,35,38)(H,36,39)/b28-17+. The molecule has 42 heavy (non-hydrogen) atoms. The topological polar surface area (TPSA) is 117 Å². The summed E-state index contributed by atoms with van der Waals surface area (Å²) in [6.45, 7) is 1.77. The second kappa shape index (κ2) is 14.2. The Morgan fingerprint density at radius 1 is 0.905 bits per heavy atom. The van der Waals surface area contributed by atoms with Gasteiger partial charge >= 0.3 is 0 Å². The van der Waals surface area contributed by atoms with E-state index in [-0.39, 0.29) is 17.4 Å². The number of phenolic OH excluding ortho intramolecular Hbond substituents is 1. The van der Waals surface area contributed by atoms with E-state index in [9.17, 15) is 19.5 Å². The predicted octanol–water partition coefficient (Wildman–Crippen LogP) is 6.58. The van der Waals surface area contributed by atoms with Gasteiger partial charge in [-0.2, -0.15) is 0 Å². The van der Waals surface area contributed by atoms with E-state index in [0.29, 0.717) is 33.3 Å². The minimum atomic E-state index is -0.582. The van der Waals surface area contributed by atoms with E-state index in [1.54, 1.807) is 85.8 Å². The van der Waals surface area contributed by atoms with Gasteiger partial charge in [0.15, 0.2) is 0 Å². The largest absolute Gasteiger partial charge is 0.508 e. The molecular weight excluding hydrogens is 574 g/mol. The van der Waals surface area contributed by atoms with Gasteiger partial charge in [-0.3, -0.25) is 14.4 Å². The molecule has 0 aliphatic rings. The molecule has 214 valence electrons. The van der Waals surface area contributed by atoms with Crippen LogP contribution in [0.1, 0.15) is 22.8 Å². The van der Waals surface area contributed by atoms with Crippen molar-refractivity contribution < 1.29 is 24.2 Å². The fourth-order valence-corrected chi connectivity index (χ4v) is 4.93. The highest BCUT2D eigenvalue weighted by Crippen LogP contribution is 2.29. The van der Waals surface area contributed by atoms with E-state index in [4.69, 9.17) is 16.3 Å². The molecule has 4 aromatic rings. The van der Waals surface area contributed by atoms with E-state index in [0.717, 1.165) is 4.90 Å². The summed E-state index contributed by atoms with van der Waals surface area (Å²) < 4.78 is 5.34. The molecule has 1 unspecified atom stereocenters. The maximum absolute atomic E-state index is 13.5. The van der Waals surface area contributed by atoms with Crippen LogP contribution in [0.5, 0.6) is 11.5 Å². The van der Waals surface area contributed by atoms with E-state index < -0.39 is 17.1 Å². The summed E-state index contributed by atoms with van der Waals surface area (Å²) in [5.74, 6) is -0.971. The van der Waals surface area contributed by atoms with Gasteiger partial charge in [0.2, 0.25) is 5.91 Å². The molecule has 4 N–H and O–H groups in total. The number of para-hydroxylation sites is 1. The lowest BCUT2D eigenvalue weighted by Crippen LogP contribution is -2.30. The molecule has 4 aromatic carbocycles. The highest BCUT2D eigenvalue weighted by atomic mass is 35.5. The molecule has 0 aromatic heterocycles. The normalized spacial score (nSPS) is 11.7. The van der Waals surface area contributed by atoms with Crippen molar-refractivity contribution in [1.29, 1.82) is 0 Å². The molecule has 0 heterocycles. The summed E-state index contributed by atoms with van der Waals surface area (Å²) >= 11 is 7.47. The molecule has 0 spiro atoms. The third kappa shape index (κ3) is 8.15. The summed E-state index contributed by atoms with van der Waals surface area (Å²) in [6.07, 6.45) is 1.47. The van der Waals surface area contributed by atoms with E-state index in [1.807, 2.05) is 6.07 Å². The Bertz CT molecular complexity index is 1630. The predicted molar refractivity (Wildman–Crippen MR) is 167 cm³/mol. The summed E-state index contributed by atoms with van der Waals surface area (Å²) in [7, 11) is 1.44. The van der Waals surface area contributed by atoms with Crippen LogP contribution in [0.2, 0.25) is 5.02 Å². The molecule has 4 rings (SSSR count). The molecule has 0 saturated heterocycles. The smallest absolute Gasteiger partial charge is 0.272 e. The van der Waals surface area contributed by atoms with Gasteiger partial charge in [-0.25, -0.2) is 0 Å². The Hall–Kier alpha value is -4.73. The quantitative estimate of drug-likeness (QED) is 0.120. The third-order valence-corrected chi connectivity index (χ3v) is 7.37. The number of thioether (sulfide) groups is 1. The Kier molecular flexibility index (Phi) is 10.3. The number of aromatic hydroxyl groups is 1.